The summed E-state index contributed by atoms with van der Waals surface area (Å²) >= 11 is 0. The molecule has 1 aliphatic carbocycles. The molecular weight excluding hydrogens is 429 g/mol. The minimum atomic E-state index is -4.88. The standard InChI is InChI=1S/C21H19F3N4O4/c1-30-19-9-13(5-8-18(19)31-14-3-2-4-14)20(29)27-16-10-15(32-21(22,23)24)6-7-17(16)28-12-25-11-26-28/h5-12,14H,2-4H2,1H3,(H,27,29). The monoisotopic (exact) mass is 448 g/mol. The number of anilines is 1. The summed E-state index contributed by atoms with van der Waals surface area (Å²) < 4.78 is 54.4. The van der Waals surface area contributed by atoms with Crippen molar-refractivity contribution in [1.29, 1.82) is 0 Å². The Morgan fingerprint density at radius 3 is 2.59 bits per heavy atom. The maximum Gasteiger partial charge on any atom is 0.573 e. The smallest absolute Gasteiger partial charge is 0.493 e. The first-order valence-electron chi connectivity index (χ1n) is 9.73. The zero-order valence-electron chi connectivity index (χ0n) is 16.9. The van der Waals surface area contributed by atoms with Gasteiger partial charge in [0.05, 0.1) is 24.6 Å². The molecule has 1 aromatic heterocycles. The van der Waals surface area contributed by atoms with Crippen molar-refractivity contribution in [3.05, 3.63) is 54.6 Å². The van der Waals surface area contributed by atoms with Gasteiger partial charge in [-0.3, -0.25) is 4.79 Å². The summed E-state index contributed by atoms with van der Waals surface area (Å²) in [5.74, 6) is -0.143. The van der Waals surface area contributed by atoms with Gasteiger partial charge in [0.2, 0.25) is 0 Å². The lowest BCUT2D eigenvalue weighted by atomic mass is 9.96. The van der Waals surface area contributed by atoms with Gasteiger partial charge in [0, 0.05) is 11.6 Å². The predicted octanol–water partition coefficient (Wildman–Crippen LogP) is 4.36. The zero-order chi connectivity index (χ0) is 22.7. The van der Waals surface area contributed by atoms with Crippen molar-refractivity contribution in [2.24, 2.45) is 0 Å². The van der Waals surface area contributed by atoms with E-state index in [1.807, 2.05) is 0 Å². The van der Waals surface area contributed by atoms with Crippen molar-refractivity contribution in [2.45, 2.75) is 31.7 Å². The van der Waals surface area contributed by atoms with E-state index < -0.39 is 18.0 Å². The summed E-state index contributed by atoms with van der Waals surface area (Å²) in [6.45, 7) is 0. The summed E-state index contributed by atoms with van der Waals surface area (Å²) in [4.78, 5) is 16.7. The molecule has 11 heteroatoms. The molecule has 0 aliphatic heterocycles. The maximum atomic E-state index is 12.9. The van der Waals surface area contributed by atoms with Crippen molar-refractivity contribution < 1.29 is 32.2 Å². The topological polar surface area (TPSA) is 87.5 Å². The van der Waals surface area contributed by atoms with Crippen molar-refractivity contribution in [2.75, 3.05) is 12.4 Å². The Morgan fingerprint density at radius 2 is 1.97 bits per heavy atom. The number of carbonyl (C=O) groups is 1. The molecule has 0 spiro atoms. The van der Waals surface area contributed by atoms with E-state index in [9.17, 15) is 18.0 Å². The lowest BCUT2D eigenvalue weighted by Crippen LogP contribution is -2.24. The minimum absolute atomic E-state index is 0.0519. The Balaban J connectivity index is 1.60. The second kappa shape index (κ2) is 8.77. The summed E-state index contributed by atoms with van der Waals surface area (Å²) in [5.41, 5.74) is 0.591. The fourth-order valence-corrected chi connectivity index (χ4v) is 3.11. The van der Waals surface area contributed by atoms with Gasteiger partial charge in [0.25, 0.3) is 5.91 Å². The van der Waals surface area contributed by atoms with Gasteiger partial charge in [-0.05, 0) is 49.6 Å². The van der Waals surface area contributed by atoms with Gasteiger partial charge in [0.15, 0.2) is 11.5 Å². The van der Waals surface area contributed by atoms with E-state index in [1.165, 1.54) is 36.6 Å². The predicted molar refractivity (Wildman–Crippen MR) is 107 cm³/mol. The summed E-state index contributed by atoms with van der Waals surface area (Å²) in [6, 6.07) is 8.21. The Hall–Kier alpha value is -3.76. The Bertz CT molecular complexity index is 1100. The third-order valence-corrected chi connectivity index (χ3v) is 4.89. The van der Waals surface area contributed by atoms with E-state index in [4.69, 9.17) is 9.47 Å². The van der Waals surface area contributed by atoms with Crippen LogP contribution in [0.4, 0.5) is 18.9 Å². The molecule has 3 aromatic rings. The number of ether oxygens (including phenoxy) is 3. The van der Waals surface area contributed by atoms with Gasteiger partial charge in [-0.25, -0.2) is 9.67 Å². The third kappa shape index (κ3) is 4.93. The van der Waals surface area contributed by atoms with Gasteiger partial charge >= 0.3 is 6.36 Å². The van der Waals surface area contributed by atoms with Crippen LogP contribution in [0.2, 0.25) is 0 Å². The summed E-state index contributed by atoms with van der Waals surface area (Å²) in [6.07, 6.45) is 0.908. The molecular formula is C21H19F3N4O4. The van der Waals surface area contributed by atoms with Crippen LogP contribution in [0.5, 0.6) is 17.2 Å². The van der Waals surface area contributed by atoms with Crippen molar-refractivity contribution in [3.8, 4) is 22.9 Å². The number of nitrogens with one attached hydrogen (secondary N) is 1. The van der Waals surface area contributed by atoms with Crippen LogP contribution in [0.25, 0.3) is 5.69 Å². The van der Waals surface area contributed by atoms with Gasteiger partial charge in [-0.15, -0.1) is 13.2 Å². The first-order chi connectivity index (χ1) is 15.3. The number of hydrogen-bond acceptors (Lipinski definition) is 6. The number of amides is 1. The van der Waals surface area contributed by atoms with E-state index in [-0.39, 0.29) is 17.4 Å². The molecule has 168 valence electrons. The number of halogens is 3. The van der Waals surface area contributed by atoms with Crippen LogP contribution < -0.4 is 19.5 Å². The van der Waals surface area contributed by atoms with Crippen LogP contribution in [0.15, 0.2) is 49.1 Å². The number of aromatic nitrogens is 3. The molecule has 8 nitrogen and oxygen atoms in total. The second-order valence-electron chi connectivity index (χ2n) is 7.06. The molecule has 1 aliphatic rings. The first kappa shape index (κ1) is 21.5. The van der Waals surface area contributed by atoms with E-state index in [0.29, 0.717) is 17.2 Å². The van der Waals surface area contributed by atoms with Crippen LogP contribution in [0.3, 0.4) is 0 Å². The average Bonchev–Trinajstić information content (AvgIpc) is 3.24. The fourth-order valence-electron chi connectivity index (χ4n) is 3.11. The van der Waals surface area contributed by atoms with E-state index in [0.717, 1.165) is 31.4 Å². The quantitative estimate of drug-likeness (QED) is 0.578. The largest absolute Gasteiger partial charge is 0.573 e. The second-order valence-corrected chi connectivity index (χ2v) is 7.06. The Morgan fingerprint density at radius 1 is 1.16 bits per heavy atom. The number of rotatable bonds is 7. The lowest BCUT2D eigenvalue weighted by molar-refractivity contribution is -0.274. The fraction of sp³-hybridized carbons (Fsp3) is 0.286. The number of nitrogens with zero attached hydrogens (tertiary/aromatic N) is 3. The summed E-state index contributed by atoms with van der Waals surface area (Å²) in [5, 5.41) is 6.57. The van der Waals surface area contributed by atoms with E-state index in [2.05, 4.69) is 20.1 Å². The molecule has 0 atom stereocenters. The molecule has 0 bridgehead atoms. The lowest BCUT2D eigenvalue weighted by Gasteiger charge is -2.27. The average molecular weight is 448 g/mol. The van der Waals surface area contributed by atoms with Crippen LogP contribution in [-0.4, -0.2) is 40.2 Å². The van der Waals surface area contributed by atoms with Crippen LogP contribution in [-0.2, 0) is 0 Å². The molecule has 1 fully saturated rings. The van der Waals surface area contributed by atoms with E-state index in [1.54, 1.807) is 12.1 Å². The minimum Gasteiger partial charge on any atom is -0.493 e. The number of alkyl halides is 3. The van der Waals surface area contributed by atoms with Crippen molar-refractivity contribution in [1.82, 2.24) is 14.8 Å². The highest BCUT2D eigenvalue weighted by Crippen LogP contribution is 2.34. The number of methoxy groups -OCH3 is 1. The van der Waals surface area contributed by atoms with Crippen LogP contribution in [0.1, 0.15) is 29.6 Å². The Labute approximate surface area is 180 Å². The normalized spacial score (nSPS) is 13.9. The molecule has 32 heavy (non-hydrogen) atoms. The van der Waals surface area contributed by atoms with Crippen molar-refractivity contribution in [3.63, 3.8) is 0 Å². The molecule has 2 aromatic carbocycles. The van der Waals surface area contributed by atoms with Gasteiger partial charge in [-0.1, -0.05) is 0 Å². The number of benzene rings is 2. The van der Waals surface area contributed by atoms with E-state index >= 15 is 0 Å². The van der Waals surface area contributed by atoms with Gasteiger partial charge < -0.3 is 19.5 Å². The molecule has 1 saturated carbocycles. The van der Waals surface area contributed by atoms with Crippen LogP contribution in [0, 0.1) is 0 Å². The molecule has 1 N–H and O–H groups in total. The number of hydrogen-bond donors (Lipinski definition) is 1. The maximum absolute atomic E-state index is 12.9. The molecule has 0 unspecified atom stereocenters. The van der Waals surface area contributed by atoms with Crippen LogP contribution >= 0.6 is 0 Å². The number of carbonyl (C=O) groups excluding carboxylic acids is 1. The Kier molecular flexibility index (Phi) is 5.89. The summed E-state index contributed by atoms with van der Waals surface area (Å²) in [7, 11) is 1.46. The van der Waals surface area contributed by atoms with Gasteiger partial charge in [-0.2, -0.15) is 5.10 Å². The highest BCUT2D eigenvalue weighted by molar-refractivity contribution is 6.05. The SMILES string of the molecule is COc1cc(C(=O)Nc2cc(OC(F)(F)F)ccc2-n2cncn2)ccc1OC1CCC1. The molecule has 0 saturated heterocycles. The van der Waals surface area contributed by atoms with Crippen molar-refractivity contribution >= 4 is 11.6 Å². The third-order valence-electron chi connectivity index (χ3n) is 4.89. The molecule has 1 heterocycles. The molecule has 1 amide bonds. The highest BCUT2D eigenvalue weighted by atomic mass is 19.4. The first-order valence-corrected chi connectivity index (χ1v) is 9.73. The molecule has 0 radical (unpaired) electrons. The zero-order valence-corrected chi connectivity index (χ0v) is 16.9. The van der Waals surface area contributed by atoms with Gasteiger partial charge in [0.1, 0.15) is 18.4 Å². The highest BCUT2D eigenvalue weighted by Gasteiger charge is 2.31. The molecule has 4 rings (SSSR count).